The molecule has 0 radical (unpaired) electrons. The molecule has 0 aliphatic carbocycles. The Morgan fingerprint density at radius 1 is 1.00 bits per heavy atom. The number of carbonyl (C=O) groups excluding carboxylic acids is 1. The van der Waals surface area contributed by atoms with Crippen molar-refractivity contribution in [1.82, 2.24) is 0 Å². The van der Waals surface area contributed by atoms with Crippen molar-refractivity contribution in [3.05, 3.63) is 90.0 Å². The molecule has 1 amide bonds. The van der Waals surface area contributed by atoms with Gasteiger partial charge in [-0.2, -0.15) is 0 Å². The molecule has 0 spiro atoms. The first kappa shape index (κ1) is 19.9. The average molecular weight is 399 g/mol. The lowest BCUT2D eigenvalue weighted by molar-refractivity contribution is -0.115. The minimum atomic E-state index is -0.945. The molecule has 1 N–H and O–H groups in total. The Labute approximate surface area is 166 Å². The number of amides is 1. The molecule has 1 atom stereocenters. The summed E-state index contributed by atoms with van der Waals surface area (Å²) in [6, 6.07) is 19.9. The zero-order chi connectivity index (χ0) is 19.9. The summed E-state index contributed by atoms with van der Waals surface area (Å²) in [5.41, 5.74) is 1.31. The fraction of sp³-hybridized carbons (Fsp3) is 0.136. The molecule has 0 aromatic heterocycles. The smallest absolute Gasteiger partial charge is 0.242 e. The van der Waals surface area contributed by atoms with Crippen LogP contribution in [0.3, 0.4) is 0 Å². The summed E-state index contributed by atoms with van der Waals surface area (Å²) >= 11 is 1.15. The van der Waals surface area contributed by atoms with Crippen molar-refractivity contribution in [2.24, 2.45) is 0 Å². The van der Waals surface area contributed by atoms with Crippen LogP contribution in [0.1, 0.15) is 17.7 Å². The van der Waals surface area contributed by atoms with Crippen LogP contribution in [-0.4, -0.2) is 12.5 Å². The van der Waals surface area contributed by atoms with E-state index in [4.69, 9.17) is 4.74 Å². The number of anilines is 1. The molecule has 6 heteroatoms. The summed E-state index contributed by atoms with van der Waals surface area (Å²) in [6.07, 6.45) is 0. The van der Waals surface area contributed by atoms with E-state index in [-0.39, 0.29) is 5.91 Å². The predicted octanol–water partition coefficient (Wildman–Crippen LogP) is 5.84. The number of hydrogen-bond donors (Lipinski definition) is 1. The van der Waals surface area contributed by atoms with E-state index in [9.17, 15) is 13.6 Å². The normalized spacial score (nSPS) is 11.7. The van der Waals surface area contributed by atoms with Crippen LogP contribution in [0, 0.1) is 11.6 Å². The van der Waals surface area contributed by atoms with Gasteiger partial charge in [0.2, 0.25) is 5.91 Å². The van der Waals surface area contributed by atoms with Crippen molar-refractivity contribution in [1.29, 1.82) is 0 Å². The third kappa shape index (κ3) is 4.89. The van der Waals surface area contributed by atoms with E-state index < -0.39 is 16.9 Å². The standard InChI is InChI=1S/C22H19F2NO2S/c1-2-27-20-11-7-6-10-19(20)25-22(26)21(15-8-4-3-5-9-15)28-16-12-13-17(23)18(24)14-16/h3-14,21H,2H2,1H3,(H,25,26)/t21-/m1/s1. The predicted molar refractivity (Wildman–Crippen MR) is 108 cm³/mol. The van der Waals surface area contributed by atoms with E-state index in [1.807, 2.05) is 43.3 Å². The largest absolute Gasteiger partial charge is 0.492 e. The number of carbonyl (C=O) groups is 1. The molecule has 0 unspecified atom stereocenters. The molecule has 144 valence electrons. The van der Waals surface area contributed by atoms with Crippen molar-refractivity contribution in [3.63, 3.8) is 0 Å². The van der Waals surface area contributed by atoms with Crippen LogP contribution in [0.4, 0.5) is 14.5 Å². The minimum Gasteiger partial charge on any atom is -0.492 e. The third-order valence-electron chi connectivity index (χ3n) is 3.93. The van der Waals surface area contributed by atoms with Gasteiger partial charge < -0.3 is 10.1 Å². The van der Waals surface area contributed by atoms with Gasteiger partial charge in [0.05, 0.1) is 12.3 Å². The maximum Gasteiger partial charge on any atom is 0.242 e. The topological polar surface area (TPSA) is 38.3 Å². The lowest BCUT2D eigenvalue weighted by atomic mass is 10.1. The van der Waals surface area contributed by atoms with Crippen LogP contribution in [0.25, 0.3) is 0 Å². The highest BCUT2D eigenvalue weighted by atomic mass is 32.2. The summed E-state index contributed by atoms with van der Waals surface area (Å²) < 4.78 is 32.4. The van der Waals surface area contributed by atoms with Crippen molar-refractivity contribution < 1.29 is 18.3 Å². The Kier molecular flexibility index (Phi) is 6.66. The second-order valence-electron chi connectivity index (χ2n) is 5.90. The van der Waals surface area contributed by atoms with E-state index in [0.717, 1.165) is 29.5 Å². The zero-order valence-electron chi connectivity index (χ0n) is 15.2. The summed E-state index contributed by atoms with van der Waals surface area (Å²) in [5.74, 6) is -1.58. The Bertz CT molecular complexity index is 950. The van der Waals surface area contributed by atoms with Gasteiger partial charge in [-0.25, -0.2) is 8.78 Å². The molecule has 3 aromatic rings. The van der Waals surface area contributed by atoms with Crippen LogP contribution < -0.4 is 10.1 Å². The molecule has 0 saturated heterocycles. The summed E-state index contributed by atoms with van der Waals surface area (Å²) in [5, 5.41) is 2.24. The highest BCUT2D eigenvalue weighted by Crippen LogP contribution is 2.37. The van der Waals surface area contributed by atoms with Gasteiger partial charge in [-0.1, -0.05) is 42.5 Å². The Hall–Kier alpha value is -2.86. The number of nitrogens with one attached hydrogen (secondary N) is 1. The number of benzene rings is 3. The number of hydrogen-bond acceptors (Lipinski definition) is 3. The molecule has 0 bridgehead atoms. The van der Waals surface area contributed by atoms with Gasteiger partial charge in [0.25, 0.3) is 0 Å². The first-order valence-corrected chi connectivity index (χ1v) is 9.65. The number of thioether (sulfide) groups is 1. The number of rotatable bonds is 7. The summed E-state index contributed by atoms with van der Waals surface area (Å²) in [6.45, 7) is 2.34. The van der Waals surface area contributed by atoms with Gasteiger partial charge in [-0.05, 0) is 42.8 Å². The van der Waals surface area contributed by atoms with Gasteiger partial charge in [0.15, 0.2) is 11.6 Å². The molecule has 28 heavy (non-hydrogen) atoms. The molecule has 3 nitrogen and oxygen atoms in total. The molecule has 0 aliphatic heterocycles. The highest BCUT2D eigenvalue weighted by molar-refractivity contribution is 8.00. The third-order valence-corrected chi connectivity index (χ3v) is 5.18. The summed E-state index contributed by atoms with van der Waals surface area (Å²) in [7, 11) is 0. The van der Waals surface area contributed by atoms with E-state index >= 15 is 0 Å². The first-order valence-electron chi connectivity index (χ1n) is 8.78. The zero-order valence-corrected chi connectivity index (χ0v) is 16.0. The van der Waals surface area contributed by atoms with Crippen LogP contribution in [0.15, 0.2) is 77.7 Å². The van der Waals surface area contributed by atoms with Gasteiger partial charge in [0.1, 0.15) is 11.0 Å². The Morgan fingerprint density at radius 3 is 2.43 bits per heavy atom. The van der Waals surface area contributed by atoms with E-state index in [1.54, 1.807) is 18.2 Å². The van der Waals surface area contributed by atoms with Gasteiger partial charge in [-0.3, -0.25) is 4.79 Å². The lowest BCUT2D eigenvalue weighted by Crippen LogP contribution is -2.19. The van der Waals surface area contributed by atoms with E-state index in [2.05, 4.69) is 5.32 Å². The maximum atomic E-state index is 13.6. The quantitative estimate of drug-likeness (QED) is 0.508. The number of halogens is 2. The molecular weight excluding hydrogens is 380 g/mol. The average Bonchev–Trinajstić information content (AvgIpc) is 2.71. The number of ether oxygens (including phenoxy) is 1. The van der Waals surface area contributed by atoms with Gasteiger partial charge in [-0.15, -0.1) is 11.8 Å². The van der Waals surface area contributed by atoms with E-state index in [0.29, 0.717) is 22.9 Å². The second-order valence-corrected chi connectivity index (χ2v) is 7.08. The fourth-order valence-corrected chi connectivity index (χ4v) is 3.69. The summed E-state index contributed by atoms with van der Waals surface area (Å²) in [4.78, 5) is 13.5. The molecule has 0 heterocycles. The van der Waals surface area contributed by atoms with Gasteiger partial charge in [0, 0.05) is 4.90 Å². The first-order chi connectivity index (χ1) is 13.6. The molecule has 3 rings (SSSR count). The van der Waals surface area contributed by atoms with Crippen molar-refractivity contribution >= 4 is 23.4 Å². The maximum absolute atomic E-state index is 13.6. The van der Waals surface area contributed by atoms with Crippen LogP contribution >= 0.6 is 11.8 Å². The SMILES string of the molecule is CCOc1ccccc1NC(=O)[C@H](Sc1ccc(F)c(F)c1)c1ccccc1. The Balaban J connectivity index is 1.88. The van der Waals surface area contributed by atoms with E-state index in [1.165, 1.54) is 6.07 Å². The fourth-order valence-electron chi connectivity index (χ4n) is 2.64. The van der Waals surface area contributed by atoms with Crippen molar-refractivity contribution in [2.75, 3.05) is 11.9 Å². The molecular formula is C22H19F2NO2S. The number of para-hydroxylation sites is 2. The highest BCUT2D eigenvalue weighted by Gasteiger charge is 2.23. The van der Waals surface area contributed by atoms with Crippen LogP contribution in [0.5, 0.6) is 5.75 Å². The lowest BCUT2D eigenvalue weighted by Gasteiger charge is -2.18. The second kappa shape index (κ2) is 9.37. The van der Waals surface area contributed by atoms with Crippen molar-refractivity contribution in [3.8, 4) is 5.75 Å². The van der Waals surface area contributed by atoms with Crippen LogP contribution in [0.2, 0.25) is 0 Å². The monoisotopic (exact) mass is 399 g/mol. The molecule has 0 fully saturated rings. The minimum absolute atomic E-state index is 0.284. The molecule has 3 aromatic carbocycles. The van der Waals surface area contributed by atoms with Crippen molar-refractivity contribution in [2.45, 2.75) is 17.1 Å². The Morgan fingerprint density at radius 2 is 1.71 bits per heavy atom. The molecule has 0 saturated carbocycles. The molecule has 0 aliphatic rings. The van der Waals surface area contributed by atoms with Crippen LogP contribution in [-0.2, 0) is 4.79 Å². The van der Waals surface area contributed by atoms with Gasteiger partial charge >= 0.3 is 0 Å².